The summed E-state index contributed by atoms with van der Waals surface area (Å²) in [5, 5.41) is 0. The third-order valence-corrected chi connectivity index (χ3v) is 3.45. The molecule has 0 saturated carbocycles. The Morgan fingerprint density at radius 3 is 2.38 bits per heavy atom. The minimum Gasteiger partial charge on any atom is -0.306 e. The lowest BCUT2D eigenvalue weighted by atomic mass is 9.76. The highest BCUT2D eigenvalue weighted by Crippen LogP contribution is 2.34. The molecule has 0 N–H and O–H groups in total. The fourth-order valence-corrected chi connectivity index (χ4v) is 2.21. The zero-order valence-electron chi connectivity index (χ0n) is 9.93. The first-order valence-corrected chi connectivity index (χ1v) is 5.58. The van der Waals surface area contributed by atoms with Gasteiger partial charge in [0.05, 0.1) is 0 Å². The molecule has 2 atom stereocenters. The van der Waals surface area contributed by atoms with Crippen LogP contribution in [-0.4, -0.2) is 25.0 Å². The molecule has 0 bridgehead atoms. The molecule has 1 aliphatic heterocycles. The van der Waals surface area contributed by atoms with Gasteiger partial charge in [-0.3, -0.25) is 0 Å². The van der Waals surface area contributed by atoms with Gasteiger partial charge in [0.2, 0.25) is 0 Å². The topological polar surface area (TPSA) is 3.24 Å². The monoisotopic (exact) mass is 183 g/mol. The van der Waals surface area contributed by atoms with E-state index < -0.39 is 0 Å². The van der Waals surface area contributed by atoms with Crippen molar-refractivity contribution < 1.29 is 0 Å². The van der Waals surface area contributed by atoms with E-state index in [0.29, 0.717) is 5.41 Å². The summed E-state index contributed by atoms with van der Waals surface area (Å²) in [7, 11) is 2.26. The van der Waals surface area contributed by atoms with Crippen LogP contribution in [0.2, 0.25) is 0 Å². The van der Waals surface area contributed by atoms with E-state index in [0.717, 1.165) is 11.8 Å². The van der Waals surface area contributed by atoms with E-state index in [1.165, 1.54) is 25.9 Å². The second kappa shape index (κ2) is 4.00. The molecule has 1 fully saturated rings. The molecule has 0 aromatic heterocycles. The molecule has 13 heavy (non-hydrogen) atoms. The Morgan fingerprint density at radius 2 is 1.85 bits per heavy atom. The summed E-state index contributed by atoms with van der Waals surface area (Å²) >= 11 is 0. The van der Waals surface area contributed by atoms with E-state index in [1.807, 2.05) is 0 Å². The average molecular weight is 183 g/mol. The predicted molar refractivity (Wildman–Crippen MR) is 58.8 cm³/mol. The van der Waals surface area contributed by atoms with Gasteiger partial charge in [-0.05, 0) is 43.7 Å². The van der Waals surface area contributed by atoms with E-state index in [4.69, 9.17) is 0 Å². The van der Waals surface area contributed by atoms with Gasteiger partial charge in [-0.15, -0.1) is 0 Å². The summed E-state index contributed by atoms with van der Waals surface area (Å²) < 4.78 is 0. The van der Waals surface area contributed by atoms with Gasteiger partial charge in [0.25, 0.3) is 0 Å². The van der Waals surface area contributed by atoms with Crippen molar-refractivity contribution in [3.63, 3.8) is 0 Å². The van der Waals surface area contributed by atoms with E-state index >= 15 is 0 Å². The molecule has 1 rings (SSSR count). The van der Waals surface area contributed by atoms with Crippen molar-refractivity contribution in [2.45, 2.75) is 40.5 Å². The van der Waals surface area contributed by atoms with Crippen molar-refractivity contribution in [1.29, 1.82) is 0 Å². The maximum Gasteiger partial charge on any atom is 0.00117 e. The van der Waals surface area contributed by atoms with Crippen molar-refractivity contribution in [2.24, 2.45) is 17.3 Å². The van der Waals surface area contributed by atoms with E-state index in [2.05, 4.69) is 39.6 Å². The van der Waals surface area contributed by atoms with Crippen LogP contribution in [-0.2, 0) is 0 Å². The summed E-state index contributed by atoms with van der Waals surface area (Å²) in [6.07, 6.45) is 2.79. The maximum atomic E-state index is 2.50. The van der Waals surface area contributed by atoms with Crippen LogP contribution in [0, 0.1) is 17.3 Å². The first-order valence-electron chi connectivity index (χ1n) is 5.58. The van der Waals surface area contributed by atoms with Gasteiger partial charge in [0.15, 0.2) is 0 Å². The molecule has 0 aliphatic carbocycles. The van der Waals surface area contributed by atoms with Gasteiger partial charge in [-0.1, -0.05) is 27.7 Å². The Kier molecular flexibility index (Phi) is 3.39. The van der Waals surface area contributed by atoms with Crippen LogP contribution in [0.3, 0.4) is 0 Å². The summed E-state index contributed by atoms with van der Waals surface area (Å²) in [5.74, 6) is 1.78. The van der Waals surface area contributed by atoms with Crippen LogP contribution < -0.4 is 0 Å². The number of hydrogen-bond donors (Lipinski definition) is 0. The van der Waals surface area contributed by atoms with Crippen molar-refractivity contribution in [2.75, 3.05) is 20.1 Å². The fraction of sp³-hybridized carbons (Fsp3) is 1.00. The van der Waals surface area contributed by atoms with Crippen molar-refractivity contribution in [3.05, 3.63) is 0 Å². The molecule has 0 spiro atoms. The molecule has 0 amide bonds. The van der Waals surface area contributed by atoms with Crippen LogP contribution in [0.15, 0.2) is 0 Å². The zero-order valence-corrected chi connectivity index (χ0v) is 9.93. The molecule has 78 valence electrons. The predicted octanol–water partition coefficient (Wildman–Crippen LogP) is 3.01. The Hall–Kier alpha value is -0.0400. The molecule has 1 nitrogen and oxygen atoms in total. The molecule has 0 radical (unpaired) electrons. The highest BCUT2D eigenvalue weighted by Gasteiger charge is 2.29. The van der Waals surface area contributed by atoms with Gasteiger partial charge in [0, 0.05) is 6.54 Å². The Labute approximate surface area is 83.5 Å². The number of rotatable bonds is 0. The molecule has 1 aliphatic rings. The lowest BCUT2D eigenvalue weighted by Crippen LogP contribution is -2.31. The summed E-state index contributed by atoms with van der Waals surface area (Å²) in [5.41, 5.74) is 0.479. The second-order valence-corrected chi connectivity index (χ2v) is 5.95. The molecule has 2 unspecified atom stereocenters. The third kappa shape index (κ3) is 3.30. The Bertz CT molecular complexity index is 145. The minimum absolute atomic E-state index is 0.479. The molecular weight excluding hydrogens is 158 g/mol. The van der Waals surface area contributed by atoms with Crippen LogP contribution >= 0.6 is 0 Å². The quantitative estimate of drug-likeness (QED) is 0.558. The first kappa shape index (κ1) is 11.0. The summed E-state index contributed by atoms with van der Waals surface area (Å²) in [6.45, 7) is 12.1. The van der Waals surface area contributed by atoms with E-state index in [1.54, 1.807) is 0 Å². The highest BCUT2D eigenvalue weighted by molar-refractivity contribution is 4.81. The van der Waals surface area contributed by atoms with Crippen LogP contribution in [0.25, 0.3) is 0 Å². The number of nitrogens with zero attached hydrogens (tertiary/aromatic N) is 1. The average Bonchev–Trinajstić information content (AvgIpc) is 2.12. The lowest BCUT2D eigenvalue weighted by molar-refractivity contribution is 0.171. The van der Waals surface area contributed by atoms with Gasteiger partial charge in [-0.25, -0.2) is 0 Å². The molecule has 1 heteroatoms. The fourth-order valence-electron chi connectivity index (χ4n) is 2.21. The summed E-state index contributed by atoms with van der Waals surface area (Å²) in [6, 6.07) is 0. The zero-order chi connectivity index (χ0) is 10.1. The van der Waals surface area contributed by atoms with E-state index in [9.17, 15) is 0 Å². The van der Waals surface area contributed by atoms with Crippen LogP contribution in [0.1, 0.15) is 40.5 Å². The minimum atomic E-state index is 0.479. The Balaban J connectivity index is 2.62. The summed E-state index contributed by atoms with van der Waals surface area (Å²) in [4.78, 5) is 2.50. The first-order chi connectivity index (χ1) is 5.89. The highest BCUT2D eigenvalue weighted by atomic mass is 15.1. The third-order valence-electron chi connectivity index (χ3n) is 3.45. The second-order valence-electron chi connectivity index (χ2n) is 5.95. The van der Waals surface area contributed by atoms with Crippen molar-refractivity contribution in [3.8, 4) is 0 Å². The maximum absolute atomic E-state index is 2.50. The standard InChI is InChI=1S/C12H25N/c1-10-6-7-13(5)9-11(8-10)12(2,3)4/h10-11H,6-9H2,1-5H3. The molecule has 0 aromatic carbocycles. The molecular formula is C12H25N. The normalized spacial score (nSPS) is 33.0. The van der Waals surface area contributed by atoms with Gasteiger partial charge < -0.3 is 4.90 Å². The SMILES string of the molecule is CC1CCN(C)CC(C(C)(C)C)C1. The van der Waals surface area contributed by atoms with Crippen LogP contribution in [0.5, 0.6) is 0 Å². The number of likely N-dealkylation sites (tertiary alicyclic amines) is 1. The van der Waals surface area contributed by atoms with Gasteiger partial charge >= 0.3 is 0 Å². The van der Waals surface area contributed by atoms with Gasteiger partial charge in [0.1, 0.15) is 0 Å². The smallest absolute Gasteiger partial charge is 0.00117 e. The Morgan fingerprint density at radius 1 is 1.23 bits per heavy atom. The van der Waals surface area contributed by atoms with Crippen molar-refractivity contribution >= 4 is 0 Å². The molecule has 0 aromatic rings. The van der Waals surface area contributed by atoms with Crippen molar-refractivity contribution in [1.82, 2.24) is 4.90 Å². The van der Waals surface area contributed by atoms with Gasteiger partial charge in [-0.2, -0.15) is 0 Å². The molecule has 1 saturated heterocycles. The largest absolute Gasteiger partial charge is 0.306 e. The van der Waals surface area contributed by atoms with Crippen LogP contribution in [0.4, 0.5) is 0 Å². The lowest BCUT2D eigenvalue weighted by Gasteiger charge is -2.32. The van der Waals surface area contributed by atoms with E-state index in [-0.39, 0.29) is 0 Å². The molecule has 1 heterocycles. The number of hydrogen-bond acceptors (Lipinski definition) is 1.